The summed E-state index contributed by atoms with van der Waals surface area (Å²) in [7, 11) is -3.77. The zero-order chi connectivity index (χ0) is 14.8. The van der Waals surface area contributed by atoms with Gasteiger partial charge in [-0.25, -0.2) is 18.4 Å². The molecule has 0 amide bonds. The predicted molar refractivity (Wildman–Crippen MR) is 68.2 cm³/mol. The van der Waals surface area contributed by atoms with Crippen molar-refractivity contribution in [2.75, 3.05) is 0 Å². The fraction of sp³-hybridized carbons (Fsp3) is 0.167. The van der Waals surface area contributed by atoms with E-state index in [0.29, 0.717) is 11.5 Å². The minimum Gasteiger partial charge on any atom is -0.455 e. The van der Waals surface area contributed by atoms with E-state index in [2.05, 4.69) is 5.16 Å². The first-order chi connectivity index (χ1) is 9.36. The standard InChI is InChI=1S/C12H12N2O5S/c1-8-6-10(14-19-8)7-18-12(15)9-2-4-11(5-3-9)20(13,16)17/h2-6H,7H2,1H3,(H2,13,16,17). The van der Waals surface area contributed by atoms with Crippen molar-refractivity contribution in [3.63, 3.8) is 0 Å². The van der Waals surface area contributed by atoms with Crippen LogP contribution in [0.1, 0.15) is 21.8 Å². The summed E-state index contributed by atoms with van der Waals surface area (Å²) < 4.78 is 32.0. The topological polar surface area (TPSA) is 112 Å². The van der Waals surface area contributed by atoms with Crippen LogP contribution in [-0.2, 0) is 21.4 Å². The van der Waals surface area contributed by atoms with Gasteiger partial charge >= 0.3 is 5.97 Å². The number of ether oxygens (including phenoxy) is 1. The van der Waals surface area contributed by atoms with Crippen LogP contribution in [0, 0.1) is 6.92 Å². The second-order valence-electron chi connectivity index (χ2n) is 4.07. The molecule has 7 nitrogen and oxygen atoms in total. The van der Waals surface area contributed by atoms with Crippen LogP contribution >= 0.6 is 0 Å². The van der Waals surface area contributed by atoms with Crippen LogP contribution in [0.15, 0.2) is 39.8 Å². The molecule has 0 bridgehead atoms. The summed E-state index contributed by atoms with van der Waals surface area (Å²) in [6.45, 7) is 1.71. The summed E-state index contributed by atoms with van der Waals surface area (Å²) in [6.07, 6.45) is 0. The van der Waals surface area contributed by atoms with E-state index in [4.69, 9.17) is 14.4 Å². The summed E-state index contributed by atoms with van der Waals surface area (Å²) in [5, 5.41) is 8.64. The number of sulfonamides is 1. The second kappa shape index (κ2) is 5.43. The molecule has 2 N–H and O–H groups in total. The van der Waals surface area contributed by atoms with Gasteiger partial charge < -0.3 is 9.26 Å². The summed E-state index contributed by atoms with van der Waals surface area (Å²) in [6, 6.07) is 6.79. The van der Waals surface area contributed by atoms with Gasteiger partial charge in [-0.15, -0.1) is 0 Å². The Balaban J connectivity index is 2.02. The van der Waals surface area contributed by atoms with Crippen molar-refractivity contribution in [2.45, 2.75) is 18.4 Å². The number of nitrogens with two attached hydrogens (primary N) is 1. The van der Waals surface area contributed by atoms with Gasteiger partial charge in [0, 0.05) is 6.07 Å². The third-order valence-corrected chi connectivity index (χ3v) is 3.38. The van der Waals surface area contributed by atoms with Crippen LogP contribution in [-0.4, -0.2) is 19.5 Å². The Morgan fingerprint density at radius 1 is 1.35 bits per heavy atom. The third-order valence-electron chi connectivity index (χ3n) is 2.45. The first kappa shape index (κ1) is 14.2. The number of hydrogen-bond donors (Lipinski definition) is 1. The molecule has 1 aromatic heterocycles. The lowest BCUT2D eigenvalue weighted by Gasteiger charge is -2.03. The summed E-state index contributed by atoms with van der Waals surface area (Å²) in [5.41, 5.74) is 0.717. The predicted octanol–water partition coefficient (Wildman–Crippen LogP) is 0.987. The molecular weight excluding hydrogens is 284 g/mol. The largest absolute Gasteiger partial charge is 0.455 e. The molecule has 0 spiro atoms. The SMILES string of the molecule is Cc1cc(COC(=O)c2ccc(S(N)(=O)=O)cc2)no1. The third kappa shape index (κ3) is 3.43. The molecule has 1 aromatic carbocycles. The molecule has 106 valence electrons. The number of primary sulfonamides is 1. The molecule has 0 unspecified atom stereocenters. The fourth-order valence-electron chi connectivity index (χ4n) is 1.49. The number of carbonyl (C=O) groups excluding carboxylic acids is 1. The molecule has 0 saturated carbocycles. The van der Waals surface area contributed by atoms with Gasteiger partial charge in [-0.1, -0.05) is 5.16 Å². The number of benzene rings is 1. The number of esters is 1. The van der Waals surface area contributed by atoms with Crippen molar-refractivity contribution < 1.29 is 22.5 Å². The first-order valence-corrected chi connectivity index (χ1v) is 7.13. The number of hydrogen-bond acceptors (Lipinski definition) is 6. The lowest BCUT2D eigenvalue weighted by molar-refractivity contribution is 0.0464. The Morgan fingerprint density at radius 3 is 2.50 bits per heavy atom. The summed E-state index contributed by atoms with van der Waals surface area (Å²) in [4.78, 5) is 11.7. The Labute approximate surface area is 115 Å². The minimum atomic E-state index is -3.77. The van der Waals surface area contributed by atoms with Gasteiger partial charge in [-0.2, -0.15) is 0 Å². The van der Waals surface area contributed by atoms with Crippen LogP contribution < -0.4 is 5.14 Å². The molecule has 0 atom stereocenters. The normalized spacial score (nSPS) is 11.3. The fourth-order valence-corrected chi connectivity index (χ4v) is 2.00. The molecule has 0 saturated heterocycles. The second-order valence-corrected chi connectivity index (χ2v) is 5.64. The highest BCUT2D eigenvalue weighted by atomic mass is 32.2. The number of carbonyl (C=O) groups is 1. The molecule has 0 aliphatic heterocycles. The van der Waals surface area contributed by atoms with Crippen molar-refractivity contribution in [2.24, 2.45) is 5.14 Å². The van der Waals surface area contributed by atoms with Gasteiger partial charge in [0.2, 0.25) is 10.0 Å². The number of rotatable bonds is 4. The number of nitrogens with zero attached hydrogens (tertiary/aromatic N) is 1. The van der Waals surface area contributed by atoms with Crippen molar-refractivity contribution >= 4 is 16.0 Å². The van der Waals surface area contributed by atoms with Crippen LogP contribution in [0.2, 0.25) is 0 Å². The Morgan fingerprint density at radius 2 is 2.00 bits per heavy atom. The van der Waals surface area contributed by atoms with E-state index in [0.717, 1.165) is 0 Å². The van der Waals surface area contributed by atoms with Gasteiger partial charge in [0.15, 0.2) is 0 Å². The van der Waals surface area contributed by atoms with Crippen LogP contribution in [0.25, 0.3) is 0 Å². The summed E-state index contributed by atoms with van der Waals surface area (Å²) in [5.74, 6) is 0.0279. The minimum absolute atomic E-state index is 0.0207. The molecule has 0 radical (unpaired) electrons. The van der Waals surface area contributed by atoms with Gasteiger partial charge in [-0.05, 0) is 31.2 Å². The molecule has 0 aliphatic carbocycles. The molecule has 2 rings (SSSR count). The number of aromatic nitrogens is 1. The van der Waals surface area contributed by atoms with Crippen molar-refractivity contribution in [1.82, 2.24) is 5.16 Å². The lowest BCUT2D eigenvalue weighted by atomic mass is 10.2. The Bertz CT molecular complexity index is 719. The van der Waals surface area contributed by atoms with Gasteiger partial charge in [0.1, 0.15) is 18.1 Å². The van der Waals surface area contributed by atoms with E-state index in [1.807, 2.05) is 0 Å². The van der Waals surface area contributed by atoms with Crippen LogP contribution in [0.3, 0.4) is 0 Å². The average Bonchev–Trinajstić information content (AvgIpc) is 2.81. The van der Waals surface area contributed by atoms with Crippen molar-refractivity contribution in [3.05, 3.63) is 47.3 Å². The molecule has 0 aliphatic rings. The zero-order valence-corrected chi connectivity index (χ0v) is 11.4. The lowest BCUT2D eigenvalue weighted by Crippen LogP contribution is -2.12. The maximum absolute atomic E-state index is 11.7. The Hall–Kier alpha value is -2.19. The van der Waals surface area contributed by atoms with E-state index in [9.17, 15) is 13.2 Å². The van der Waals surface area contributed by atoms with Gasteiger partial charge in [0.05, 0.1) is 10.5 Å². The van der Waals surface area contributed by atoms with E-state index >= 15 is 0 Å². The van der Waals surface area contributed by atoms with Crippen molar-refractivity contribution in [3.8, 4) is 0 Å². The van der Waals surface area contributed by atoms with E-state index < -0.39 is 16.0 Å². The number of aryl methyl sites for hydroxylation is 1. The highest BCUT2D eigenvalue weighted by Gasteiger charge is 2.12. The smallest absolute Gasteiger partial charge is 0.338 e. The molecule has 0 fully saturated rings. The van der Waals surface area contributed by atoms with E-state index in [-0.39, 0.29) is 17.1 Å². The van der Waals surface area contributed by atoms with Crippen LogP contribution in [0.5, 0.6) is 0 Å². The molecule has 8 heteroatoms. The van der Waals surface area contributed by atoms with Gasteiger partial charge in [0.25, 0.3) is 0 Å². The highest BCUT2D eigenvalue weighted by Crippen LogP contribution is 2.11. The average molecular weight is 296 g/mol. The van der Waals surface area contributed by atoms with Crippen LogP contribution in [0.4, 0.5) is 0 Å². The molecule has 1 heterocycles. The summed E-state index contributed by atoms with van der Waals surface area (Å²) >= 11 is 0. The molecule has 20 heavy (non-hydrogen) atoms. The van der Waals surface area contributed by atoms with E-state index in [1.54, 1.807) is 13.0 Å². The Kier molecular flexibility index (Phi) is 3.86. The molecular formula is C12H12N2O5S. The molecule has 2 aromatic rings. The quantitative estimate of drug-likeness (QED) is 0.842. The zero-order valence-electron chi connectivity index (χ0n) is 10.6. The van der Waals surface area contributed by atoms with Gasteiger partial charge in [-0.3, -0.25) is 0 Å². The van der Waals surface area contributed by atoms with Crippen molar-refractivity contribution in [1.29, 1.82) is 0 Å². The highest BCUT2D eigenvalue weighted by molar-refractivity contribution is 7.89. The first-order valence-electron chi connectivity index (χ1n) is 5.58. The maximum atomic E-state index is 11.7. The monoisotopic (exact) mass is 296 g/mol. The van der Waals surface area contributed by atoms with E-state index in [1.165, 1.54) is 24.3 Å². The maximum Gasteiger partial charge on any atom is 0.338 e.